The Labute approximate surface area is 119 Å². The quantitative estimate of drug-likeness (QED) is 0.881. The van der Waals surface area contributed by atoms with E-state index >= 15 is 0 Å². The van der Waals surface area contributed by atoms with E-state index in [9.17, 15) is 4.79 Å². The van der Waals surface area contributed by atoms with Crippen LogP contribution in [0.1, 0.15) is 33.5 Å². The van der Waals surface area contributed by atoms with Crippen LogP contribution in [0, 0.1) is 6.92 Å². The first-order valence-corrected chi connectivity index (χ1v) is 6.52. The number of methoxy groups -OCH3 is 1. The van der Waals surface area contributed by atoms with E-state index in [1.165, 1.54) is 7.11 Å². The van der Waals surface area contributed by atoms with Crippen LogP contribution in [0.5, 0.6) is 0 Å². The molecule has 2 N–H and O–H groups in total. The van der Waals surface area contributed by atoms with Crippen molar-refractivity contribution in [2.45, 2.75) is 13.0 Å². The highest BCUT2D eigenvalue weighted by atomic mass is 79.9. The van der Waals surface area contributed by atoms with Gasteiger partial charge in [-0.1, -0.05) is 34.1 Å². The number of nitrogens with two attached hydrogens (primary N) is 1. The summed E-state index contributed by atoms with van der Waals surface area (Å²) in [6, 6.07) is 8.65. The number of rotatable bonds is 3. The molecule has 1 atom stereocenters. The summed E-state index contributed by atoms with van der Waals surface area (Å²) in [6.45, 7) is 1.99. The molecule has 19 heavy (non-hydrogen) atoms. The number of carbonyl (C=O) groups excluding carboxylic acids is 1. The minimum atomic E-state index is -0.512. The van der Waals surface area contributed by atoms with Gasteiger partial charge in [-0.15, -0.1) is 0 Å². The third-order valence-corrected chi connectivity index (χ3v) is 3.96. The van der Waals surface area contributed by atoms with Gasteiger partial charge in [-0.3, -0.25) is 0 Å². The van der Waals surface area contributed by atoms with Crippen LogP contribution in [0.3, 0.4) is 0 Å². The fourth-order valence-corrected chi connectivity index (χ4v) is 2.30. The Morgan fingerprint density at radius 1 is 1.37 bits per heavy atom. The van der Waals surface area contributed by atoms with Crippen molar-refractivity contribution in [3.8, 4) is 0 Å². The number of esters is 1. The van der Waals surface area contributed by atoms with Crippen LogP contribution in [0.2, 0.25) is 0 Å². The number of halogens is 1. The molecule has 0 amide bonds. The van der Waals surface area contributed by atoms with Crippen molar-refractivity contribution >= 4 is 21.9 Å². The molecule has 0 spiro atoms. The molecule has 0 radical (unpaired) electrons. The Kier molecular flexibility index (Phi) is 4.07. The lowest BCUT2D eigenvalue weighted by Gasteiger charge is -2.13. The van der Waals surface area contributed by atoms with E-state index in [0.29, 0.717) is 5.76 Å². The second-order valence-electron chi connectivity index (χ2n) is 4.15. The average molecular weight is 324 g/mol. The van der Waals surface area contributed by atoms with Gasteiger partial charge in [0.05, 0.1) is 13.2 Å². The second kappa shape index (κ2) is 5.59. The first-order chi connectivity index (χ1) is 9.04. The maximum atomic E-state index is 11.3. The first kappa shape index (κ1) is 13.8. The molecule has 2 rings (SSSR count). The van der Waals surface area contributed by atoms with Crippen molar-refractivity contribution in [3.63, 3.8) is 0 Å². The fourth-order valence-electron chi connectivity index (χ4n) is 1.79. The molecule has 0 aliphatic carbocycles. The third-order valence-electron chi connectivity index (χ3n) is 2.88. The van der Waals surface area contributed by atoms with Gasteiger partial charge in [0, 0.05) is 4.47 Å². The minimum absolute atomic E-state index is 0.150. The predicted octanol–water partition coefficient (Wildman–Crippen LogP) is 3.19. The Balaban J connectivity index is 2.34. The van der Waals surface area contributed by atoms with Gasteiger partial charge in [0.25, 0.3) is 0 Å². The summed E-state index contributed by atoms with van der Waals surface area (Å²) >= 11 is 3.51. The average Bonchev–Trinajstić information content (AvgIpc) is 2.90. The molecule has 0 aliphatic rings. The molecule has 4 nitrogen and oxygen atoms in total. The third kappa shape index (κ3) is 2.72. The highest BCUT2D eigenvalue weighted by molar-refractivity contribution is 9.10. The summed E-state index contributed by atoms with van der Waals surface area (Å²) in [5, 5.41) is 0. The zero-order chi connectivity index (χ0) is 14.0. The molecule has 1 unspecified atom stereocenters. The lowest BCUT2D eigenvalue weighted by atomic mass is 10.0. The summed E-state index contributed by atoms with van der Waals surface area (Å²) in [6.07, 6.45) is 0. The van der Waals surface area contributed by atoms with Gasteiger partial charge >= 0.3 is 5.97 Å². The molecule has 1 aromatic carbocycles. The Morgan fingerprint density at radius 2 is 2.11 bits per heavy atom. The van der Waals surface area contributed by atoms with E-state index in [-0.39, 0.29) is 5.76 Å². The van der Waals surface area contributed by atoms with Gasteiger partial charge in [0.2, 0.25) is 5.76 Å². The molecule has 100 valence electrons. The summed E-state index contributed by atoms with van der Waals surface area (Å²) in [4.78, 5) is 11.3. The van der Waals surface area contributed by atoms with E-state index in [1.54, 1.807) is 12.1 Å². The highest BCUT2D eigenvalue weighted by Gasteiger charge is 2.19. The van der Waals surface area contributed by atoms with Crippen LogP contribution in [0.4, 0.5) is 0 Å². The lowest BCUT2D eigenvalue weighted by molar-refractivity contribution is 0.0562. The van der Waals surface area contributed by atoms with Crippen LogP contribution in [0.15, 0.2) is 39.2 Å². The van der Waals surface area contributed by atoms with Crippen LogP contribution < -0.4 is 5.73 Å². The summed E-state index contributed by atoms with van der Waals surface area (Å²) in [5.74, 6) is 0.158. The van der Waals surface area contributed by atoms with Crippen molar-refractivity contribution in [1.29, 1.82) is 0 Å². The largest absolute Gasteiger partial charge is 0.463 e. The maximum Gasteiger partial charge on any atom is 0.373 e. The van der Waals surface area contributed by atoms with Gasteiger partial charge in [-0.25, -0.2) is 4.79 Å². The summed E-state index contributed by atoms with van der Waals surface area (Å²) in [5.41, 5.74) is 8.16. The van der Waals surface area contributed by atoms with Crippen molar-refractivity contribution in [2.24, 2.45) is 5.73 Å². The number of hydrogen-bond acceptors (Lipinski definition) is 4. The Hall–Kier alpha value is -1.59. The van der Waals surface area contributed by atoms with Gasteiger partial charge in [0.1, 0.15) is 5.76 Å². The van der Waals surface area contributed by atoms with Crippen LogP contribution in [-0.2, 0) is 4.74 Å². The van der Waals surface area contributed by atoms with Crippen LogP contribution >= 0.6 is 15.9 Å². The molecular weight excluding hydrogens is 310 g/mol. The standard InChI is InChI=1S/C14H14BrNO3/c1-8-4-3-5-9(12(8)15)13(16)10-6-7-11(19-10)14(17)18-2/h3-7,13H,16H2,1-2H3. The van der Waals surface area contributed by atoms with Gasteiger partial charge in [0.15, 0.2) is 0 Å². The van der Waals surface area contributed by atoms with Crippen LogP contribution in [0.25, 0.3) is 0 Å². The molecule has 0 saturated heterocycles. The molecule has 1 heterocycles. The topological polar surface area (TPSA) is 65.5 Å². The number of benzene rings is 1. The number of hydrogen-bond donors (Lipinski definition) is 1. The zero-order valence-electron chi connectivity index (χ0n) is 10.6. The minimum Gasteiger partial charge on any atom is -0.463 e. The molecule has 2 aromatic rings. The number of furan rings is 1. The number of ether oxygens (including phenoxy) is 1. The molecular formula is C14H14BrNO3. The summed E-state index contributed by atoms with van der Waals surface area (Å²) in [7, 11) is 1.31. The number of aryl methyl sites for hydroxylation is 1. The molecule has 1 aromatic heterocycles. The molecule has 0 fully saturated rings. The van der Waals surface area contributed by atoms with Crippen LogP contribution in [-0.4, -0.2) is 13.1 Å². The normalized spacial score (nSPS) is 12.2. The van der Waals surface area contributed by atoms with Crippen molar-refractivity contribution < 1.29 is 13.9 Å². The van der Waals surface area contributed by atoms with Crippen molar-refractivity contribution in [2.75, 3.05) is 7.11 Å². The molecule has 0 bridgehead atoms. The zero-order valence-corrected chi connectivity index (χ0v) is 12.2. The second-order valence-corrected chi connectivity index (χ2v) is 4.94. The Morgan fingerprint density at radius 3 is 2.79 bits per heavy atom. The molecule has 0 aliphatic heterocycles. The lowest BCUT2D eigenvalue weighted by Crippen LogP contribution is -2.12. The van der Waals surface area contributed by atoms with E-state index in [2.05, 4.69) is 20.7 Å². The predicted molar refractivity (Wildman–Crippen MR) is 75.0 cm³/mol. The van der Waals surface area contributed by atoms with E-state index in [0.717, 1.165) is 15.6 Å². The fraction of sp³-hybridized carbons (Fsp3) is 0.214. The highest BCUT2D eigenvalue weighted by Crippen LogP contribution is 2.30. The van der Waals surface area contributed by atoms with Gasteiger partial charge in [-0.05, 0) is 30.2 Å². The van der Waals surface area contributed by atoms with Gasteiger partial charge in [-0.2, -0.15) is 0 Å². The molecule has 5 heteroatoms. The monoisotopic (exact) mass is 323 g/mol. The van der Waals surface area contributed by atoms with Gasteiger partial charge < -0.3 is 14.9 Å². The maximum absolute atomic E-state index is 11.3. The van der Waals surface area contributed by atoms with E-state index in [4.69, 9.17) is 10.2 Å². The number of carbonyl (C=O) groups is 1. The van der Waals surface area contributed by atoms with Crippen molar-refractivity contribution in [1.82, 2.24) is 0 Å². The molecule has 0 saturated carbocycles. The van der Waals surface area contributed by atoms with Crippen molar-refractivity contribution in [3.05, 3.63) is 57.5 Å². The van der Waals surface area contributed by atoms with E-state index < -0.39 is 12.0 Å². The first-order valence-electron chi connectivity index (χ1n) is 5.73. The smallest absolute Gasteiger partial charge is 0.373 e. The van der Waals surface area contributed by atoms with E-state index in [1.807, 2.05) is 25.1 Å². The summed E-state index contributed by atoms with van der Waals surface area (Å²) < 4.78 is 11.0. The Bertz CT molecular complexity index is 606. The SMILES string of the molecule is COC(=O)c1ccc(C(N)c2cccc(C)c2Br)o1.